The van der Waals surface area contributed by atoms with E-state index in [0.717, 1.165) is 18.2 Å². The van der Waals surface area contributed by atoms with Gasteiger partial charge in [0.15, 0.2) is 11.5 Å². The minimum atomic E-state index is -0.453. The number of hydrogen-bond acceptors (Lipinski definition) is 5. The Kier molecular flexibility index (Phi) is 8.65. The molecule has 2 aromatic rings. The Morgan fingerprint density at radius 2 is 1.50 bits per heavy atom. The lowest BCUT2D eigenvalue weighted by molar-refractivity contribution is -0.131. The molecule has 0 atom stereocenters. The van der Waals surface area contributed by atoms with Gasteiger partial charge in [0.2, 0.25) is 11.5 Å². The van der Waals surface area contributed by atoms with Crippen molar-refractivity contribution < 1.29 is 23.7 Å². The molecule has 0 saturated carbocycles. The van der Waals surface area contributed by atoms with E-state index in [1.807, 2.05) is 33.8 Å². The monoisotopic (exact) mass is 436 g/mol. The second-order valence-corrected chi connectivity index (χ2v) is 8.75. The minimum absolute atomic E-state index is 0.132. The number of fused-ring (bicyclic) bond motifs is 1. The maximum absolute atomic E-state index is 11.9. The number of rotatable bonds is 10. The van der Waals surface area contributed by atoms with Crippen molar-refractivity contribution in [3.63, 3.8) is 0 Å². The Morgan fingerprint density at radius 3 is 2.03 bits per heavy atom. The van der Waals surface area contributed by atoms with Crippen LogP contribution in [0.15, 0.2) is 18.2 Å². The molecular formula is C24H33ClO5. The summed E-state index contributed by atoms with van der Waals surface area (Å²) in [4.78, 5) is 11.9. The van der Waals surface area contributed by atoms with E-state index in [-0.39, 0.29) is 12.2 Å². The third-order valence-electron chi connectivity index (χ3n) is 4.21. The molecule has 2 aromatic carbocycles. The lowest BCUT2D eigenvalue weighted by atomic mass is 10.1. The maximum Gasteiger partial charge on any atom is 0.308 e. The number of benzene rings is 2. The van der Waals surface area contributed by atoms with Gasteiger partial charge >= 0.3 is 5.97 Å². The van der Waals surface area contributed by atoms with Gasteiger partial charge < -0.3 is 18.9 Å². The predicted octanol–water partition coefficient (Wildman–Crippen LogP) is 6.81. The summed E-state index contributed by atoms with van der Waals surface area (Å²) < 4.78 is 24.1. The van der Waals surface area contributed by atoms with Crippen molar-refractivity contribution in [1.82, 2.24) is 0 Å². The van der Waals surface area contributed by atoms with Crippen LogP contribution in [-0.2, 0) is 4.79 Å². The van der Waals surface area contributed by atoms with Crippen LogP contribution in [0.1, 0.15) is 61.3 Å². The topological polar surface area (TPSA) is 54.0 Å². The second kappa shape index (κ2) is 10.8. The molecule has 0 aliphatic rings. The number of halogens is 1. The molecule has 0 spiro atoms. The number of carbonyl (C=O) groups is 1. The largest absolute Gasteiger partial charge is 0.489 e. The molecule has 0 aliphatic heterocycles. The lowest BCUT2D eigenvalue weighted by Crippen LogP contribution is -2.15. The molecule has 0 bridgehead atoms. The van der Waals surface area contributed by atoms with Crippen LogP contribution in [0.2, 0.25) is 5.02 Å². The van der Waals surface area contributed by atoms with E-state index in [9.17, 15) is 4.79 Å². The van der Waals surface area contributed by atoms with E-state index in [1.165, 1.54) is 6.92 Å². The lowest BCUT2D eigenvalue weighted by Gasteiger charge is -2.24. The quantitative estimate of drug-likeness (QED) is 0.232. The first-order valence-electron chi connectivity index (χ1n) is 10.5. The maximum atomic E-state index is 11.9. The summed E-state index contributed by atoms with van der Waals surface area (Å²) in [6.45, 7) is 13.9. The van der Waals surface area contributed by atoms with Crippen molar-refractivity contribution in [2.75, 3.05) is 6.61 Å². The molecule has 166 valence electrons. The molecule has 0 fully saturated rings. The molecule has 0 aromatic heterocycles. The predicted molar refractivity (Wildman–Crippen MR) is 121 cm³/mol. The summed E-state index contributed by atoms with van der Waals surface area (Å²) in [5, 5.41) is 1.92. The highest BCUT2D eigenvalue weighted by molar-refractivity contribution is 6.31. The highest BCUT2D eigenvalue weighted by Gasteiger charge is 2.27. The van der Waals surface area contributed by atoms with Gasteiger partial charge in [0.25, 0.3) is 0 Å². The first-order valence-corrected chi connectivity index (χ1v) is 10.9. The molecule has 0 amide bonds. The van der Waals surface area contributed by atoms with E-state index < -0.39 is 5.97 Å². The fraction of sp³-hybridized carbons (Fsp3) is 0.542. The summed E-state index contributed by atoms with van der Waals surface area (Å²) in [5.74, 6) is 1.80. The van der Waals surface area contributed by atoms with Crippen LogP contribution in [0.5, 0.6) is 23.0 Å². The molecule has 0 aliphatic carbocycles. The summed E-state index contributed by atoms with van der Waals surface area (Å²) >= 11 is 6.27. The molecule has 5 nitrogen and oxygen atoms in total. The first kappa shape index (κ1) is 24.1. The van der Waals surface area contributed by atoms with Crippen molar-refractivity contribution in [2.45, 2.75) is 73.5 Å². The molecular weight excluding hydrogens is 404 g/mol. The average Bonchev–Trinajstić information content (AvgIpc) is 2.62. The van der Waals surface area contributed by atoms with Crippen molar-refractivity contribution in [1.29, 1.82) is 0 Å². The third kappa shape index (κ3) is 6.43. The number of hydrogen-bond donors (Lipinski definition) is 0. The highest BCUT2D eigenvalue weighted by Crippen LogP contribution is 2.52. The Hall–Kier alpha value is -2.14. The van der Waals surface area contributed by atoms with Crippen molar-refractivity contribution in [3.05, 3.63) is 23.2 Å². The minimum Gasteiger partial charge on any atom is -0.489 e. The van der Waals surface area contributed by atoms with Gasteiger partial charge in [-0.05, 0) is 64.7 Å². The molecule has 0 unspecified atom stereocenters. The van der Waals surface area contributed by atoms with Gasteiger partial charge in [-0.15, -0.1) is 0 Å². The van der Waals surface area contributed by atoms with Crippen molar-refractivity contribution in [2.24, 2.45) is 5.92 Å². The highest BCUT2D eigenvalue weighted by atomic mass is 35.5. The van der Waals surface area contributed by atoms with Gasteiger partial charge in [-0.25, -0.2) is 0 Å². The van der Waals surface area contributed by atoms with Crippen LogP contribution in [0.25, 0.3) is 10.8 Å². The zero-order valence-electron chi connectivity index (χ0n) is 19.0. The fourth-order valence-electron chi connectivity index (χ4n) is 3.09. The van der Waals surface area contributed by atoms with E-state index >= 15 is 0 Å². The Balaban J connectivity index is 2.74. The number of ether oxygens (including phenoxy) is 4. The van der Waals surface area contributed by atoms with Crippen molar-refractivity contribution in [3.8, 4) is 23.0 Å². The standard InChI is InChI=1S/C24H33ClO5/c1-14(2)9-8-12-27-21-19-11-10-18(25)13-20(19)22(30-17(7)26)24(29-16(5)6)23(21)28-15(3)4/h10-11,13-16H,8-9,12H2,1-7H3. The van der Waals surface area contributed by atoms with Gasteiger partial charge in [-0.3, -0.25) is 4.79 Å². The Morgan fingerprint density at radius 1 is 0.900 bits per heavy atom. The van der Waals surface area contributed by atoms with Crippen LogP contribution < -0.4 is 18.9 Å². The van der Waals surface area contributed by atoms with E-state index in [4.69, 9.17) is 30.5 Å². The van der Waals surface area contributed by atoms with Gasteiger partial charge in [-0.1, -0.05) is 25.4 Å². The van der Waals surface area contributed by atoms with Crippen LogP contribution in [0.3, 0.4) is 0 Å². The number of carbonyl (C=O) groups excluding carboxylic acids is 1. The molecule has 0 saturated heterocycles. The van der Waals surface area contributed by atoms with Crippen LogP contribution in [0, 0.1) is 5.92 Å². The van der Waals surface area contributed by atoms with Crippen LogP contribution in [-0.4, -0.2) is 24.8 Å². The van der Waals surface area contributed by atoms with Crippen LogP contribution in [0.4, 0.5) is 0 Å². The smallest absolute Gasteiger partial charge is 0.308 e. The summed E-state index contributed by atoms with van der Waals surface area (Å²) in [7, 11) is 0. The molecule has 30 heavy (non-hydrogen) atoms. The summed E-state index contributed by atoms with van der Waals surface area (Å²) in [5.41, 5.74) is 0. The Bertz CT molecular complexity index is 874. The van der Waals surface area contributed by atoms with Crippen LogP contribution >= 0.6 is 11.6 Å². The second-order valence-electron chi connectivity index (χ2n) is 8.32. The normalized spacial score (nSPS) is 11.4. The zero-order chi connectivity index (χ0) is 22.4. The first-order chi connectivity index (χ1) is 14.1. The molecule has 0 radical (unpaired) electrons. The third-order valence-corrected chi connectivity index (χ3v) is 4.45. The summed E-state index contributed by atoms with van der Waals surface area (Å²) in [6.07, 6.45) is 1.68. The van der Waals surface area contributed by atoms with Gasteiger partial charge in [0, 0.05) is 22.7 Å². The zero-order valence-corrected chi connectivity index (χ0v) is 19.8. The average molecular weight is 437 g/mol. The number of esters is 1. The van der Waals surface area contributed by atoms with E-state index in [1.54, 1.807) is 12.1 Å². The Labute approximate surface area is 184 Å². The molecule has 6 heteroatoms. The molecule has 2 rings (SSSR count). The van der Waals surface area contributed by atoms with Gasteiger partial charge in [-0.2, -0.15) is 0 Å². The molecule has 0 N–H and O–H groups in total. The summed E-state index contributed by atoms with van der Waals surface area (Å²) in [6, 6.07) is 5.39. The van der Waals surface area contributed by atoms with E-state index in [0.29, 0.717) is 45.9 Å². The SMILES string of the molecule is CC(=O)Oc1c(OC(C)C)c(OC(C)C)c(OCCCC(C)C)c2ccc(Cl)cc12. The molecule has 0 heterocycles. The van der Waals surface area contributed by atoms with Crippen molar-refractivity contribution >= 4 is 28.3 Å². The van der Waals surface area contributed by atoms with Gasteiger partial charge in [0.05, 0.1) is 18.8 Å². The van der Waals surface area contributed by atoms with E-state index in [2.05, 4.69) is 13.8 Å². The van der Waals surface area contributed by atoms with Gasteiger partial charge in [0.1, 0.15) is 0 Å². The fourth-order valence-corrected chi connectivity index (χ4v) is 3.26.